The average Bonchev–Trinajstić information content (AvgIpc) is 3.32. The first-order valence-electron chi connectivity index (χ1n) is 10.5. The summed E-state index contributed by atoms with van der Waals surface area (Å²) in [4.78, 5) is 18.4. The number of anilines is 1. The fourth-order valence-electron chi connectivity index (χ4n) is 3.76. The quantitative estimate of drug-likeness (QED) is 0.475. The van der Waals surface area contributed by atoms with Gasteiger partial charge in [0.1, 0.15) is 5.75 Å². The van der Waals surface area contributed by atoms with Crippen molar-refractivity contribution in [2.24, 2.45) is 5.92 Å². The van der Waals surface area contributed by atoms with Crippen molar-refractivity contribution >= 4 is 44.2 Å². The van der Waals surface area contributed by atoms with E-state index < -0.39 is 10.0 Å². The van der Waals surface area contributed by atoms with E-state index in [9.17, 15) is 13.2 Å². The highest BCUT2D eigenvalue weighted by molar-refractivity contribution is 7.99. The van der Waals surface area contributed by atoms with Crippen LogP contribution in [0.3, 0.4) is 0 Å². The lowest BCUT2D eigenvalue weighted by Crippen LogP contribution is -2.41. The van der Waals surface area contributed by atoms with Gasteiger partial charge in [0.05, 0.1) is 17.7 Å². The molecule has 0 radical (unpaired) electrons. The fourth-order valence-corrected chi connectivity index (χ4v) is 7.08. The van der Waals surface area contributed by atoms with E-state index >= 15 is 0 Å². The smallest absolute Gasteiger partial charge is 0.244 e. The third-order valence-corrected chi connectivity index (χ3v) is 9.27. The topological polar surface area (TPSA) is 88.6 Å². The van der Waals surface area contributed by atoms with Crippen molar-refractivity contribution in [3.63, 3.8) is 0 Å². The second-order valence-electron chi connectivity index (χ2n) is 7.58. The van der Waals surface area contributed by atoms with Gasteiger partial charge in [-0.3, -0.25) is 4.79 Å². The van der Waals surface area contributed by atoms with Crippen LogP contribution in [0.5, 0.6) is 5.75 Å². The standard InChI is InChI=1S/C23H25N3O4S3/c1-30-18-9-7-16(8-10-18)19-15-32-23(24-19)25-22(27)17-11-13-26(14-12-17)33(28,29)21-6-4-3-5-20(21)31-2/h3-10,15,17H,11-14H2,1-2H3,(H,24,25,27). The van der Waals surface area contributed by atoms with Crippen LogP contribution in [-0.4, -0.2) is 50.1 Å². The number of sulfonamides is 1. The number of rotatable bonds is 7. The van der Waals surface area contributed by atoms with E-state index in [0.29, 0.717) is 36.0 Å². The van der Waals surface area contributed by atoms with Crippen molar-refractivity contribution < 1.29 is 17.9 Å². The second kappa shape index (κ2) is 10.3. The number of hydrogen-bond donors (Lipinski definition) is 1. The Kier molecular flexibility index (Phi) is 7.38. The minimum atomic E-state index is -3.58. The zero-order valence-electron chi connectivity index (χ0n) is 18.4. The van der Waals surface area contributed by atoms with Gasteiger partial charge in [-0.25, -0.2) is 13.4 Å². The highest BCUT2D eigenvalue weighted by Crippen LogP contribution is 2.31. The van der Waals surface area contributed by atoms with Crippen LogP contribution in [0.15, 0.2) is 63.7 Å². The molecule has 0 bridgehead atoms. The molecule has 0 unspecified atom stereocenters. The molecule has 0 aliphatic carbocycles. The third-order valence-electron chi connectivity index (χ3n) is 5.63. The van der Waals surface area contributed by atoms with Gasteiger partial charge in [0.25, 0.3) is 0 Å². The van der Waals surface area contributed by atoms with Gasteiger partial charge in [-0.15, -0.1) is 23.1 Å². The highest BCUT2D eigenvalue weighted by atomic mass is 32.2. The molecule has 2 aromatic carbocycles. The maximum atomic E-state index is 13.1. The molecule has 1 saturated heterocycles. The number of methoxy groups -OCH3 is 1. The van der Waals surface area contributed by atoms with E-state index in [2.05, 4.69) is 10.3 Å². The van der Waals surface area contributed by atoms with Gasteiger partial charge in [0.15, 0.2) is 5.13 Å². The van der Waals surface area contributed by atoms with E-state index in [-0.39, 0.29) is 11.8 Å². The zero-order valence-corrected chi connectivity index (χ0v) is 20.8. The largest absolute Gasteiger partial charge is 0.497 e. The molecule has 10 heteroatoms. The number of nitrogens with one attached hydrogen (secondary N) is 1. The van der Waals surface area contributed by atoms with E-state index in [1.54, 1.807) is 19.2 Å². The summed E-state index contributed by atoms with van der Waals surface area (Å²) in [6, 6.07) is 14.6. The molecule has 1 aliphatic rings. The Morgan fingerprint density at radius 2 is 1.85 bits per heavy atom. The van der Waals surface area contributed by atoms with E-state index in [0.717, 1.165) is 21.9 Å². The monoisotopic (exact) mass is 503 g/mol. The number of hydrogen-bond acceptors (Lipinski definition) is 7. The lowest BCUT2D eigenvalue weighted by molar-refractivity contribution is -0.120. The number of thiazole rings is 1. The maximum absolute atomic E-state index is 13.1. The summed E-state index contributed by atoms with van der Waals surface area (Å²) in [5.41, 5.74) is 1.72. The van der Waals surface area contributed by atoms with Crippen LogP contribution in [0.2, 0.25) is 0 Å². The zero-order chi connectivity index (χ0) is 23.4. The molecule has 1 aliphatic heterocycles. The summed E-state index contributed by atoms with van der Waals surface area (Å²) >= 11 is 2.78. The van der Waals surface area contributed by atoms with Gasteiger partial charge >= 0.3 is 0 Å². The molecule has 2 heterocycles. The van der Waals surface area contributed by atoms with Crippen molar-refractivity contribution in [2.45, 2.75) is 22.6 Å². The normalized spacial score (nSPS) is 15.3. The summed E-state index contributed by atoms with van der Waals surface area (Å²) in [6.45, 7) is 0.635. The first-order valence-corrected chi connectivity index (χ1v) is 14.0. The predicted octanol–water partition coefficient (Wildman–Crippen LogP) is 4.58. The fraction of sp³-hybridized carbons (Fsp3) is 0.304. The Morgan fingerprint density at radius 1 is 1.15 bits per heavy atom. The van der Waals surface area contributed by atoms with Gasteiger partial charge in [0.2, 0.25) is 15.9 Å². The van der Waals surface area contributed by atoms with Gasteiger partial charge in [-0.1, -0.05) is 12.1 Å². The third kappa shape index (κ3) is 5.24. The summed E-state index contributed by atoms with van der Waals surface area (Å²) in [6.07, 6.45) is 2.82. The molecule has 7 nitrogen and oxygen atoms in total. The second-order valence-corrected chi connectivity index (χ2v) is 11.2. The van der Waals surface area contributed by atoms with Gasteiger partial charge in [-0.05, 0) is 55.5 Å². The molecule has 3 aromatic rings. The van der Waals surface area contributed by atoms with Crippen molar-refractivity contribution in [1.29, 1.82) is 0 Å². The van der Waals surface area contributed by atoms with Crippen LogP contribution >= 0.6 is 23.1 Å². The number of carbonyl (C=O) groups excluding carboxylic acids is 1. The Labute approximate surface area is 202 Å². The molecule has 0 spiro atoms. The molecule has 1 fully saturated rings. The number of piperidine rings is 1. The minimum absolute atomic E-state index is 0.118. The maximum Gasteiger partial charge on any atom is 0.244 e. The number of thioether (sulfide) groups is 1. The molecule has 33 heavy (non-hydrogen) atoms. The summed E-state index contributed by atoms with van der Waals surface area (Å²) < 4.78 is 32.9. The summed E-state index contributed by atoms with van der Waals surface area (Å²) in [5, 5.41) is 5.34. The lowest BCUT2D eigenvalue weighted by atomic mass is 9.97. The van der Waals surface area contributed by atoms with Crippen LogP contribution in [0, 0.1) is 5.92 Å². The Morgan fingerprint density at radius 3 is 2.52 bits per heavy atom. The molecule has 1 N–H and O–H groups in total. The number of benzene rings is 2. The minimum Gasteiger partial charge on any atom is -0.497 e. The molecule has 174 valence electrons. The number of ether oxygens (including phenoxy) is 1. The number of amides is 1. The van der Waals surface area contributed by atoms with Crippen molar-refractivity contribution in [3.8, 4) is 17.0 Å². The van der Waals surface area contributed by atoms with Crippen molar-refractivity contribution in [1.82, 2.24) is 9.29 Å². The van der Waals surface area contributed by atoms with Gasteiger partial charge < -0.3 is 10.1 Å². The van der Waals surface area contributed by atoms with Crippen LogP contribution in [-0.2, 0) is 14.8 Å². The van der Waals surface area contributed by atoms with Gasteiger partial charge in [0, 0.05) is 34.8 Å². The molecular weight excluding hydrogens is 478 g/mol. The molecule has 1 aromatic heterocycles. The molecule has 0 saturated carbocycles. The number of carbonyl (C=O) groups is 1. The number of aromatic nitrogens is 1. The SMILES string of the molecule is COc1ccc(-c2csc(NC(=O)C3CCN(S(=O)(=O)c4ccccc4SC)CC3)n2)cc1. The number of nitrogens with zero attached hydrogens (tertiary/aromatic N) is 2. The van der Waals surface area contributed by atoms with Crippen molar-refractivity contribution in [2.75, 3.05) is 31.8 Å². The molecule has 1 amide bonds. The first-order chi connectivity index (χ1) is 15.9. The lowest BCUT2D eigenvalue weighted by Gasteiger charge is -2.30. The Bertz CT molecular complexity index is 1220. The van der Waals surface area contributed by atoms with Crippen LogP contribution in [0.4, 0.5) is 5.13 Å². The molecule has 4 rings (SSSR count). The van der Waals surface area contributed by atoms with E-state index in [4.69, 9.17) is 4.74 Å². The van der Waals surface area contributed by atoms with Crippen LogP contribution < -0.4 is 10.1 Å². The average molecular weight is 504 g/mol. The van der Waals surface area contributed by atoms with Crippen molar-refractivity contribution in [3.05, 3.63) is 53.9 Å². The summed E-state index contributed by atoms with van der Waals surface area (Å²) in [7, 11) is -1.96. The summed E-state index contributed by atoms with van der Waals surface area (Å²) in [5.74, 6) is 0.403. The first kappa shape index (κ1) is 23.7. The highest BCUT2D eigenvalue weighted by Gasteiger charge is 2.33. The van der Waals surface area contributed by atoms with Crippen LogP contribution in [0.1, 0.15) is 12.8 Å². The molecular formula is C23H25N3O4S3. The van der Waals surface area contributed by atoms with Crippen LogP contribution in [0.25, 0.3) is 11.3 Å². The Hall–Kier alpha value is -2.40. The van der Waals surface area contributed by atoms with E-state index in [1.165, 1.54) is 27.4 Å². The Balaban J connectivity index is 1.36. The predicted molar refractivity (Wildman–Crippen MR) is 132 cm³/mol. The molecule has 0 atom stereocenters. The van der Waals surface area contributed by atoms with Gasteiger partial charge in [-0.2, -0.15) is 4.31 Å². The van der Waals surface area contributed by atoms with E-state index in [1.807, 2.05) is 48.0 Å².